The Morgan fingerprint density at radius 2 is 1.73 bits per heavy atom. The van der Waals surface area contributed by atoms with Crippen molar-refractivity contribution in [2.45, 2.75) is 12.8 Å². The van der Waals surface area contributed by atoms with Gasteiger partial charge >= 0.3 is 0 Å². The van der Waals surface area contributed by atoms with Crippen LogP contribution < -0.4 is 5.73 Å². The van der Waals surface area contributed by atoms with E-state index in [0.717, 1.165) is 0 Å². The zero-order valence-electron chi connectivity index (χ0n) is 7.73. The molecule has 0 amide bonds. The molecule has 0 aliphatic heterocycles. The normalized spacial score (nSPS) is 8.60. The zero-order valence-corrected chi connectivity index (χ0v) is 7.73. The van der Waals surface area contributed by atoms with Crippen LogP contribution in [0.15, 0.2) is 0 Å². The molecule has 2 N–H and O–H groups in total. The topological polar surface area (TPSA) is 123 Å². The van der Waals surface area contributed by atoms with Crippen LogP contribution in [0.4, 0.5) is 5.82 Å². The summed E-state index contributed by atoms with van der Waals surface area (Å²) in [5.41, 5.74) is 5.89. The van der Waals surface area contributed by atoms with E-state index in [9.17, 15) is 0 Å². The molecule has 0 fully saturated rings. The predicted octanol–water partition coefficient (Wildman–Crippen LogP) is 0.0626. The van der Waals surface area contributed by atoms with Gasteiger partial charge in [-0.25, -0.2) is 9.97 Å². The Kier molecular flexibility index (Phi) is 3.16. The largest absolute Gasteiger partial charge is 0.382 e. The molecule has 0 spiro atoms. The lowest BCUT2D eigenvalue weighted by Gasteiger charge is -2.03. The Labute approximate surface area is 86.2 Å². The van der Waals surface area contributed by atoms with Gasteiger partial charge in [0.1, 0.15) is 23.3 Å². The highest BCUT2D eigenvalue weighted by Gasteiger charge is 2.11. The number of nitrogen functional groups attached to an aromatic ring is 1. The zero-order chi connectivity index (χ0) is 11.3. The van der Waals surface area contributed by atoms with Gasteiger partial charge in [-0.3, -0.25) is 0 Å². The molecule has 0 saturated heterocycles. The van der Waals surface area contributed by atoms with Gasteiger partial charge < -0.3 is 5.73 Å². The van der Waals surface area contributed by atoms with E-state index in [-0.39, 0.29) is 35.7 Å². The first-order valence-electron chi connectivity index (χ1n) is 4.02. The predicted molar refractivity (Wildman–Crippen MR) is 49.8 cm³/mol. The number of hydrogen-bond donors (Lipinski definition) is 1. The van der Waals surface area contributed by atoms with Gasteiger partial charge in [0.25, 0.3) is 0 Å². The Bertz CT molecular complexity index is 499. The number of nitriles is 3. The summed E-state index contributed by atoms with van der Waals surface area (Å²) in [6.07, 6.45) is -0.0115. The molecule has 0 aliphatic rings. The molecular formula is C9H6N6. The quantitative estimate of drug-likeness (QED) is 0.716. The van der Waals surface area contributed by atoms with Crippen LogP contribution in [0.5, 0.6) is 0 Å². The van der Waals surface area contributed by atoms with E-state index in [4.69, 9.17) is 21.5 Å². The third kappa shape index (κ3) is 2.18. The van der Waals surface area contributed by atoms with Crippen molar-refractivity contribution < 1.29 is 0 Å². The Hall–Kier alpha value is -2.65. The molecule has 0 bridgehead atoms. The van der Waals surface area contributed by atoms with E-state index in [0.29, 0.717) is 0 Å². The Morgan fingerprint density at radius 1 is 1.07 bits per heavy atom. The maximum atomic E-state index is 8.76. The van der Waals surface area contributed by atoms with Gasteiger partial charge in [-0.2, -0.15) is 15.8 Å². The fourth-order valence-electron chi connectivity index (χ4n) is 1.05. The smallest absolute Gasteiger partial charge is 0.145 e. The molecule has 0 saturated carbocycles. The molecule has 0 aliphatic carbocycles. The number of rotatable bonds is 2. The van der Waals surface area contributed by atoms with Gasteiger partial charge in [-0.1, -0.05) is 0 Å². The first kappa shape index (κ1) is 10.4. The second kappa shape index (κ2) is 4.55. The third-order valence-electron chi connectivity index (χ3n) is 1.65. The summed E-state index contributed by atoms with van der Waals surface area (Å²) >= 11 is 0. The third-order valence-corrected chi connectivity index (χ3v) is 1.65. The summed E-state index contributed by atoms with van der Waals surface area (Å²) in [5.74, 6) is 0.252. The van der Waals surface area contributed by atoms with Crippen LogP contribution >= 0.6 is 0 Å². The SMILES string of the molecule is N#CCc1nc(N)c(C#N)c(CC#N)n1. The van der Waals surface area contributed by atoms with Gasteiger partial charge in [-0.05, 0) is 0 Å². The lowest BCUT2D eigenvalue weighted by molar-refractivity contribution is 0.944. The first-order valence-corrected chi connectivity index (χ1v) is 4.02. The Balaban J connectivity index is 3.29. The van der Waals surface area contributed by atoms with Crippen molar-refractivity contribution >= 4 is 5.82 Å². The monoisotopic (exact) mass is 198 g/mol. The molecule has 1 aromatic rings. The highest BCUT2D eigenvalue weighted by atomic mass is 15.0. The van der Waals surface area contributed by atoms with Crippen LogP contribution in [-0.4, -0.2) is 9.97 Å². The van der Waals surface area contributed by atoms with Crippen LogP contribution in [0.1, 0.15) is 17.1 Å². The van der Waals surface area contributed by atoms with E-state index in [1.165, 1.54) is 0 Å². The van der Waals surface area contributed by atoms with Crippen molar-refractivity contribution in [2.24, 2.45) is 0 Å². The lowest BCUT2D eigenvalue weighted by atomic mass is 10.2. The molecule has 0 aromatic carbocycles. The summed E-state index contributed by atoms with van der Waals surface area (Å²) < 4.78 is 0. The molecule has 1 aromatic heterocycles. The van der Waals surface area contributed by atoms with E-state index >= 15 is 0 Å². The van der Waals surface area contributed by atoms with Crippen LogP contribution in [0.2, 0.25) is 0 Å². The summed E-state index contributed by atoms with van der Waals surface area (Å²) in [5, 5.41) is 25.7. The van der Waals surface area contributed by atoms with Gasteiger partial charge in [-0.15, -0.1) is 0 Å². The Morgan fingerprint density at radius 3 is 2.27 bits per heavy atom. The van der Waals surface area contributed by atoms with Crippen molar-refractivity contribution in [3.63, 3.8) is 0 Å². The molecule has 6 nitrogen and oxygen atoms in total. The highest BCUT2D eigenvalue weighted by Crippen LogP contribution is 2.13. The van der Waals surface area contributed by atoms with Crippen molar-refractivity contribution in [3.8, 4) is 18.2 Å². The highest BCUT2D eigenvalue weighted by molar-refractivity contribution is 5.51. The van der Waals surface area contributed by atoms with Gasteiger partial charge in [0.2, 0.25) is 0 Å². The van der Waals surface area contributed by atoms with E-state index in [1.807, 2.05) is 18.2 Å². The second-order valence-corrected chi connectivity index (χ2v) is 2.63. The van der Waals surface area contributed by atoms with Crippen molar-refractivity contribution in [2.75, 3.05) is 5.73 Å². The minimum absolute atomic E-state index is 0.00827. The maximum absolute atomic E-state index is 8.76. The number of nitrogens with zero attached hydrogens (tertiary/aromatic N) is 5. The molecule has 72 valence electrons. The molecule has 0 atom stereocenters. The summed E-state index contributed by atoms with van der Waals surface area (Å²) in [4.78, 5) is 7.71. The van der Waals surface area contributed by atoms with Crippen LogP contribution in [-0.2, 0) is 12.8 Å². The fraction of sp³-hybridized carbons (Fsp3) is 0.222. The average molecular weight is 198 g/mol. The summed E-state index contributed by atoms with van der Waals surface area (Å²) in [6, 6.07) is 5.58. The number of hydrogen-bond acceptors (Lipinski definition) is 6. The van der Waals surface area contributed by atoms with Crippen LogP contribution in [0, 0.1) is 34.0 Å². The molecule has 0 radical (unpaired) electrons. The van der Waals surface area contributed by atoms with Crippen LogP contribution in [0.3, 0.4) is 0 Å². The number of aromatic nitrogens is 2. The number of anilines is 1. The molecular weight excluding hydrogens is 192 g/mol. The average Bonchev–Trinajstić information content (AvgIpc) is 2.18. The van der Waals surface area contributed by atoms with Gasteiger partial charge in [0, 0.05) is 0 Å². The maximum Gasteiger partial charge on any atom is 0.145 e. The van der Waals surface area contributed by atoms with E-state index in [1.54, 1.807) is 0 Å². The minimum Gasteiger partial charge on any atom is -0.382 e. The minimum atomic E-state index is -0.0198. The summed E-state index contributed by atoms with van der Waals surface area (Å²) in [6.45, 7) is 0. The molecule has 15 heavy (non-hydrogen) atoms. The standard InChI is InChI=1S/C9H6N6/c10-3-1-7-6(5-12)9(13)15-8(14-7)2-4-11/h1-2H2,(H2,13,14,15). The lowest BCUT2D eigenvalue weighted by Crippen LogP contribution is -2.07. The second-order valence-electron chi connectivity index (χ2n) is 2.63. The van der Waals surface area contributed by atoms with E-state index < -0.39 is 0 Å². The van der Waals surface area contributed by atoms with E-state index in [2.05, 4.69) is 9.97 Å². The molecule has 1 heterocycles. The number of nitrogens with two attached hydrogens (primary N) is 1. The van der Waals surface area contributed by atoms with Crippen molar-refractivity contribution in [1.82, 2.24) is 9.97 Å². The van der Waals surface area contributed by atoms with Crippen molar-refractivity contribution in [3.05, 3.63) is 17.1 Å². The van der Waals surface area contributed by atoms with Crippen LogP contribution in [0.25, 0.3) is 0 Å². The van der Waals surface area contributed by atoms with Crippen molar-refractivity contribution in [1.29, 1.82) is 15.8 Å². The molecule has 1 rings (SSSR count). The summed E-state index contributed by atoms with van der Waals surface area (Å²) in [7, 11) is 0. The van der Waals surface area contributed by atoms with Gasteiger partial charge in [0.15, 0.2) is 0 Å². The first-order chi connectivity index (χ1) is 7.22. The molecule has 0 unspecified atom stereocenters. The molecule has 6 heteroatoms. The fourth-order valence-corrected chi connectivity index (χ4v) is 1.05. The van der Waals surface area contributed by atoms with Gasteiger partial charge in [0.05, 0.1) is 30.7 Å².